The normalized spacial score (nSPS) is 12.0. The van der Waals surface area contributed by atoms with Gasteiger partial charge in [0, 0.05) is 27.1 Å². The van der Waals surface area contributed by atoms with E-state index in [2.05, 4.69) is 124 Å². The molecular weight excluding hydrogens is 490 g/mol. The van der Waals surface area contributed by atoms with Crippen LogP contribution in [0, 0.1) is 0 Å². The maximum Gasteiger partial charge on any atom is 0.238 e. The van der Waals surface area contributed by atoms with E-state index >= 15 is 0 Å². The molecular formula is C35H21N5. The molecule has 0 spiro atoms. The topological polar surface area (TPSA) is 48.5 Å². The molecule has 186 valence electrons. The van der Waals surface area contributed by atoms with Gasteiger partial charge in [-0.15, -0.1) is 0 Å². The number of hydrogen-bond donors (Lipinski definition) is 0. The fraction of sp³-hybridized carbons (Fsp3) is 0. The number of fused-ring (bicyclic) bond motifs is 8. The van der Waals surface area contributed by atoms with E-state index in [-0.39, 0.29) is 0 Å². The second-order valence-electron chi connectivity index (χ2n) is 10.1. The van der Waals surface area contributed by atoms with Crippen LogP contribution in [0.2, 0.25) is 0 Å². The van der Waals surface area contributed by atoms with Gasteiger partial charge in [-0.2, -0.15) is 4.98 Å². The van der Waals surface area contributed by atoms with Gasteiger partial charge in [0.2, 0.25) is 5.95 Å². The van der Waals surface area contributed by atoms with Gasteiger partial charge in [-0.05, 0) is 47.9 Å². The minimum absolute atomic E-state index is 0.597. The number of rotatable bonds is 2. The number of benzene rings is 5. The molecule has 0 N–H and O–H groups in total. The Balaban J connectivity index is 1.45. The van der Waals surface area contributed by atoms with Gasteiger partial charge < -0.3 is 0 Å². The highest BCUT2D eigenvalue weighted by Crippen LogP contribution is 2.38. The van der Waals surface area contributed by atoms with Crippen LogP contribution >= 0.6 is 0 Å². The summed E-state index contributed by atoms with van der Waals surface area (Å²) in [6.07, 6.45) is 0. The average molecular weight is 512 g/mol. The Kier molecular flexibility index (Phi) is 4.27. The van der Waals surface area contributed by atoms with Gasteiger partial charge in [0.05, 0.1) is 27.6 Å². The first kappa shape index (κ1) is 21.4. The largest absolute Gasteiger partial charge is 0.293 e. The third kappa shape index (κ3) is 2.89. The van der Waals surface area contributed by atoms with Gasteiger partial charge >= 0.3 is 0 Å². The summed E-state index contributed by atoms with van der Waals surface area (Å²) in [6, 6.07) is 44.2. The molecule has 0 amide bonds. The summed E-state index contributed by atoms with van der Waals surface area (Å²) in [5.41, 5.74) is 6.18. The molecule has 0 bridgehead atoms. The summed E-state index contributed by atoms with van der Waals surface area (Å²) < 4.78 is 4.39. The molecule has 0 fully saturated rings. The zero-order valence-corrected chi connectivity index (χ0v) is 21.4. The number of pyridine rings is 1. The third-order valence-corrected chi connectivity index (χ3v) is 7.91. The second kappa shape index (κ2) is 7.98. The first-order valence-corrected chi connectivity index (χ1v) is 13.4. The van der Waals surface area contributed by atoms with Crippen molar-refractivity contribution in [2.75, 3.05) is 0 Å². The molecule has 0 saturated carbocycles. The molecule has 0 radical (unpaired) electrons. The number of para-hydroxylation sites is 5. The maximum absolute atomic E-state index is 5.36. The van der Waals surface area contributed by atoms with Crippen molar-refractivity contribution in [3.8, 4) is 23.2 Å². The summed E-state index contributed by atoms with van der Waals surface area (Å²) in [7, 11) is 0. The number of nitrogens with zero attached hydrogens (tertiary/aromatic N) is 5. The molecule has 9 rings (SSSR count). The van der Waals surface area contributed by atoms with E-state index in [4.69, 9.17) is 15.0 Å². The van der Waals surface area contributed by atoms with E-state index in [1.54, 1.807) is 0 Å². The highest BCUT2D eigenvalue weighted by molar-refractivity contribution is 6.10. The summed E-state index contributed by atoms with van der Waals surface area (Å²) in [4.78, 5) is 15.6. The summed E-state index contributed by atoms with van der Waals surface area (Å²) in [6.45, 7) is 0. The lowest BCUT2D eigenvalue weighted by molar-refractivity contribution is 0.936. The van der Waals surface area contributed by atoms with Crippen LogP contribution in [0.25, 0.3) is 77.7 Å². The van der Waals surface area contributed by atoms with E-state index < -0.39 is 0 Å². The van der Waals surface area contributed by atoms with Crippen LogP contribution in [0.15, 0.2) is 127 Å². The van der Waals surface area contributed by atoms with Gasteiger partial charge in [-0.3, -0.25) is 9.13 Å². The molecule has 2 aromatic heterocycles. The van der Waals surface area contributed by atoms with Crippen LogP contribution in [0.4, 0.5) is 0 Å². The standard InChI is InChI=1S/C35H21N5/c1-8-18-30-22(11-1)21-27-23-12-2-6-16-28(23)36-34(27)40(30)35-37-29-17-7-3-15-26(29)33(38-35)39-31-19-9-4-13-24(31)25-14-5-10-20-32(25)39/h1-21H. The van der Waals surface area contributed by atoms with Crippen molar-refractivity contribution in [3.63, 3.8) is 0 Å². The molecule has 2 aliphatic heterocycles. The van der Waals surface area contributed by atoms with Gasteiger partial charge in [0.1, 0.15) is 5.82 Å². The highest BCUT2D eigenvalue weighted by atomic mass is 15.2. The van der Waals surface area contributed by atoms with Crippen molar-refractivity contribution in [2.24, 2.45) is 0 Å². The van der Waals surface area contributed by atoms with E-state index in [0.29, 0.717) is 5.95 Å². The predicted molar refractivity (Wildman–Crippen MR) is 163 cm³/mol. The van der Waals surface area contributed by atoms with Crippen molar-refractivity contribution in [1.29, 1.82) is 0 Å². The zero-order valence-electron chi connectivity index (χ0n) is 21.4. The van der Waals surface area contributed by atoms with E-state index in [1.165, 1.54) is 10.8 Å². The van der Waals surface area contributed by atoms with Gasteiger partial charge in [0.25, 0.3) is 0 Å². The Morgan fingerprint density at radius 3 is 1.70 bits per heavy atom. The summed E-state index contributed by atoms with van der Waals surface area (Å²) in [5.74, 6) is 2.30. The molecule has 2 aliphatic rings. The Hall–Kier alpha value is -5.55. The highest BCUT2D eigenvalue weighted by Gasteiger charge is 2.22. The average Bonchev–Trinajstić information content (AvgIpc) is 3.55. The van der Waals surface area contributed by atoms with Crippen molar-refractivity contribution < 1.29 is 0 Å². The van der Waals surface area contributed by atoms with Crippen LogP contribution < -0.4 is 0 Å². The lowest BCUT2D eigenvalue weighted by atomic mass is 10.1. The van der Waals surface area contributed by atoms with Crippen LogP contribution in [0.3, 0.4) is 0 Å². The summed E-state index contributed by atoms with van der Waals surface area (Å²) in [5, 5.41) is 5.64. The lowest BCUT2D eigenvalue weighted by Crippen LogP contribution is -2.10. The quantitative estimate of drug-likeness (QED) is 0.234. The number of aromatic nitrogens is 5. The molecule has 7 aromatic rings. The van der Waals surface area contributed by atoms with Crippen LogP contribution in [0.1, 0.15) is 0 Å². The Morgan fingerprint density at radius 2 is 0.975 bits per heavy atom. The van der Waals surface area contributed by atoms with Gasteiger partial charge in [-0.25, -0.2) is 9.97 Å². The molecule has 5 heteroatoms. The van der Waals surface area contributed by atoms with E-state index in [1.807, 2.05) is 12.1 Å². The fourth-order valence-electron chi connectivity index (χ4n) is 6.16. The minimum Gasteiger partial charge on any atom is -0.293 e. The van der Waals surface area contributed by atoms with Crippen molar-refractivity contribution >= 4 is 54.5 Å². The second-order valence-corrected chi connectivity index (χ2v) is 10.1. The molecule has 4 heterocycles. The van der Waals surface area contributed by atoms with Gasteiger partial charge in [0.15, 0.2) is 5.82 Å². The van der Waals surface area contributed by atoms with Crippen LogP contribution in [-0.4, -0.2) is 24.1 Å². The van der Waals surface area contributed by atoms with E-state index in [9.17, 15) is 0 Å². The molecule has 0 aliphatic carbocycles. The number of hydrogen-bond acceptors (Lipinski definition) is 3. The molecule has 0 saturated heterocycles. The lowest BCUT2D eigenvalue weighted by Gasteiger charge is -2.17. The Labute approximate surface area is 228 Å². The predicted octanol–water partition coefficient (Wildman–Crippen LogP) is 8.32. The zero-order chi connectivity index (χ0) is 26.2. The fourth-order valence-corrected chi connectivity index (χ4v) is 6.16. The maximum atomic E-state index is 5.36. The Bertz CT molecular complexity index is 2340. The summed E-state index contributed by atoms with van der Waals surface area (Å²) >= 11 is 0. The smallest absolute Gasteiger partial charge is 0.238 e. The molecule has 40 heavy (non-hydrogen) atoms. The SMILES string of the molecule is c1ccc2c(c1)cc1c3ccccc3nc-1n2-c1nc(-n2c3ccccc3c3ccccc32)c2ccccc2n1. The van der Waals surface area contributed by atoms with Crippen molar-refractivity contribution in [2.45, 2.75) is 0 Å². The molecule has 5 nitrogen and oxygen atoms in total. The van der Waals surface area contributed by atoms with Crippen LogP contribution in [-0.2, 0) is 0 Å². The molecule has 0 atom stereocenters. The monoisotopic (exact) mass is 511 g/mol. The minimum atomic E-state index is 0.597. The van der Waals surface area contributed by atoms with E-state index in [0.717, 1.165) is 60.9 Å². The third-order valence-electron chi connectivity index (χ3n) is 7.91. The Morgan fingerprint density at radius 1 is 0.425 bits per heavy atom. The first-order chi connectivity index (χ1) is 19.8. The van der Waals surface area contributed by atoms with Crippen LogP contribution in [0.5, 0.6) is 0 Å². The first-order valence-electron chi connectivity index (χ1n) is 13.4. The molecule has 0 unspecified atom stereocenters. The van der Waals surface area contributed by atoms with Crippen molar-refractivity contribution in [3.05, 3.63) is 127 Å². The van der Waals surface area contributed by atoms with Crippen molar-refractivity contribution in [1.82, 2.24) is 24.1 Å². The molecule has 5 aromatic carbocycles. The van der Waals surface area contributed by atoms with Gasteiger partial charge in [-0.1, -0.05) is 84.9 Å².